The van der Waals surface area contributed by atoms with E-state index in [0.717, 1.165) is 18.8 Å². The second-order valence-corrected chi connectivity index (χ2v) is 5.64. The van der Waals surface area contributed by atoms with E-state index in [-0.39, 0.29) is 11.6 Å². The number of ether oxygens (including phenoxy) is 1. The van der Waals surface area contributed by atoms with E-state index in [9.17, 15) is 0 Å². The van der Waals surface area contributed by atoms with Crippen LogP contribution in [0.1, 0.15) is 59.3 Å². The maximum absolute atomic E-state index is 5.83. The number of methoxy groups -OCH3 is 1. The molecule has 1 aliphatic rings. The zero-order valence-corrected chi connectivity index (χ0v) is 12.0. The average Bonchev–Trinajstić information content (AvgIpc) is 2.38. The van der Waals surface area contributed by atoms with Crippen molar-refractivity contribution in [2.75, 3.05) is 7.11 Å². The Balaban J connectivity index is 2.74. The molecule has 0 aromatic rings. The Labute approximate surface area is 106 Å². The molecule has 102 valence electrons. The van der Waals surface area contributed by atoms with Crippen LogP contribution in [0.5, 0.6) is 0 Å². The highest BCUT2D eigenvalue weighted by molar-refractivity contribution is 4.95. The molecule has 0 aromatic carbocycles. The molecule has 17 heavy (non-hydrogen) atoms. The Morgan fingerprint density at radius 2 is 1.76 bits per heavy atom. The molecule has 1 rings (SSSR count). The van der Waals surface area contributed by atoms with Crippen LogP contribution in [0, 0.1) is 11.8 Å². The third-order valence-electron chi connectivity index (χ3n) is 4.88. The first-order chi connectivity index (χ1) is 8.13. The van der Waals surface area contributed by atoms with Gasteiger partial charge in [-0.15, -0.1) is 0 Å². The van der Waals surface area contributed by atoms with Gasteiger partial charge >= 0.3 is 0 Å². The van der Waals surface area contributed by atoms with Crippen LogP contribution in [0.25, 0.3) is 0 Å². The Kier molecular flexibility index (Phi) is 5.90. The van der Waals surface area contributed by atoms with Crippen LogP contribution in [0.2, 0.25) is 0 Å². The minimum atomic E-state index is -0.0972. The molecule has 3 heteroatoms. The van der Waals surface area contributed by atoms with Crippen molar-refractivity contribution in [3.63, 3.8) is 0 Å². The second-order valence-electron chi connectivity index (χ2n) is 5.64. The van der Waals surface area contributed by atoms with Crippen LogP contribution in [-0.2, 0) is 4.74 Å². The Morgan fingerprint density at radius 1 is 1.24 bits per heavy atom. The summed E-state index contributed by atoms with van der Waals surface area (Å²) in [7, 11) is 1.82. The zero-order chi connectivity index (χ0) is 12.9. The lowest BCUT2D eigenvalue weighted by Crippen LogP contribution is -2.58. The molecular weight excluding hydrogens is 212 g/mol. The van der Waals surface area contributed by atoms with E-state index < -0.39 is 0 Å². The largest absolute Gasteiger partial charge is 0.377 e. The van der Waals surface area contributed by atoms with Crippen molar-refractivity contribution in [2.24, 2.45) is 17.7 Å². The molecular formula is C14H30N2O. The van der Waals surface area contributed by atoms with Gasteiger partial charge in [0.15, 0.2) is 0 Å². The molecule has 0 amide bonds. The predicted octanol–water partition coefficient (Wildman–Crippen LogP) is 2.85. The summed E-state index contributed by atoms with van der Waals surface area (Å²) >= 11 is 0. The molecule has 3 nitrogen and oxygen atoms in total. The first-order valence-electron chi connectivity index (χ1n) is 7.14. The molecule has 0 radical (unpaired) electrons. The van der Waals surface area contributed by atoms with Crippen LogP contribution in [0.15, 0.2) is 0 Å². The highest BCUT2D eigenvalue weighted by Crippen LogP contribution is 2.37. The highest BCUT2D eigenvalue weighted by atomic mass is 16.5. The Morgan fingerprint density at radius 3 is 2.12 bits per heavy atom. The maximum atomic E-state index is 5.83. The van der Waals surface area contributed by atoms with Gasteiger partial charge in [0, 0.05) is 7.11 Å². The molecule has 1 unspecified atom stereocenters. The summed E-state index contributed by atoms with van der Waals surface area (Å²) in [5.74, 6) is 7.36. The molecule has 1 saturated carbocycles. The Hall–Kier alpha value is -0.120. The average molecular weight is 242 g/mol. The summed E-state index contributed by atoms with van der Waals surface area (Å²) in [5.41, 5.74) is 2.96. The summed E-state index contributed by atoms with van der Waals surface area (Å²) in [4.78, 5) is 0. The van der Waals surface area contributed by atoms with Crippen LogP contribution in [0.4, 0.5) is 0 Å². The SMILES string of the molecule is CCC(CC)(OC)C(NN)C1CCC(C)CC1. The molecule has 0 bridgehead atoms. The normalized spacial score (nSPS) is 28.1. The predicted molar refractivity (Wildman–Crippen MR) is 72.6 cm³/mol. The van der Waals surface area contributed by atoms with Gasteiger partial charge in [0.05, 0.1) is 11.6 Å². The third kappa shape index (κ3) is 3.21. The van der Waals surface area contributed by atoms with Crippen LogP contribution in [-0.4, -0.2) is 18.8 Å². The maximum Gasteiger partial charge on any atom is 0.0841 e. The number of hydrazine groups is 1. The Bertz CT molecular complexity index is 200. The first kappa shape index (κ1) is 14.9. The smallest absolute Gasteiger partial charge is 0.0841 e. The van der Waals surface area contributed by atoms with Gasteiger partial charge in [-0.3, -0.25) is 11.3 Å². The monoisotopic (exact) mass is 242 g/mol. The third-order valence-corrected chi connectivity index (χ3v) is 4.88. The lowest BCUT2D eigenvalue weighted by atomic mass is 9.72. The van der Waals surface area contributed by atoms with Gasteiger partial charge in [0.25, 0.3) is 0 Å². The van der Waals surface area contributed by atoms with E-state index in [1.54, 1.807) is 0 Å². The molecule has 3 N–H and O–H groups in total. The van der Waals surface area contributed by atoms with Gasteiger partial charge in [-0.2, -0.15) is 0 Å². The first-order valence-corrected chi connectivity index (χ1v) is 7.14. The topological polar surface area (TPSA) is 47.3 Å². The van der Waals surface area contributed by atoms with Crippen molar-refractivity contribution in [1.82, 2.24) is 5.43 Å². The summed E-state index contributed by atoms with van der Waals surface area (Å²) < 4.78 is 5.83. The van der Waals surface area contributed by atoms with Gasteiger partial charge in [0.1, 0.15) is 0 Å². The minimum absolute atomic E-state index is 0.0972. The molecule has 0 heterocycles. The fraction of sp³-hybridized carbons (Fsp3) is 1.00. The van der Waals surface area contributed by atoms with Crippen molar-refractivity contribution in [1.29, 1.82) is 0 Å². The number of hydrogen-bond acceptors (Lipinski definition) is 3. The van der Waals surface area contributed by atoms with Crippen LogP contribution in [0.3, 0.4) is 0 Å². The second kappa shape index (κ2) is 6.72. The number of nitrogens with one attached hydrogen (secondary N) is 1. The van der Waals surface area contributed by atoms with Crippen LogP contribution < -0.4 is 11.3 Å². The van der Waals surface area contributed by atoms with Crippen molar-refractivity contribution in [2.45, 2.75) is 70.9 Å². The van der Waals surface area contributed by atoms with E-state index in [1.165, 1.54) is 25.7 Å². The van der Waals surface area contributed by atoms with Gasteiger partial charge in [-0.25, -0.2) is 0 Å². The quantitative estimate of drug-likeness (QED) is 0.556. The molecule has 1 fully saturated rings. The molecule has 1 atom stereocenters. The van der Waals surface area contributed by atoms with Crippen molar-refractivity contribution in [3.05, 3.63) is 0 Å². The molecule has 0 aromatic heterocycles. The van der Waals surface area contributed by atoms with Gasteiger partial charge in [-0.1, -0.05) is 33.6 Å². The van der Waals surface area contributed by atoms with E-state index in [0.29, 0.717) is 5.92 Å². The number of rotatable bonds is 6. The van der Waals surface area contributed by atoms with Crippen molar-refractivity contribution < 1.29 is 4.74 Å². The molecule has 0 spiro atoms. The summed E-state index contributed by atoms with van der Waals surface area (Å²) in [6.07, 6.45) is 7.25. The van der Waals surface area contributed by atoms with Crippen molar-refractivity contribution >= 4 is 0 Å². The van der Waals surface area contributed by atoms with E-state index >= 15 is 0 Å². The number of nitrogens with two attached hydrogens (primary N) is 1. The summed E-state index contributed by atoms with van der Waals surface area (Å²) in [5, 5.41) is 0. The highest BCUT2D eigenvalue weighted by Gasteiger charge is 2.40. The van der Waals surface area contributed by atoms with Crippen molar-refractivity contribution in [3.8, 4) is 0 Å². The van der Waals surface area contributed by atoms with Crippen LogP contribution >= 0.6 is 0 Å². The zero-order valence-electron chi connectivity index (χ0n) is 12.0. The lowest BCUT2D eigenvalue weighted by molar-refractivity contribution is -0.0684. The summed E-state index contributed by atoms with van der Waals surface area (Å²) in [6, 6.07) is 0.287. The minimum Gasteiger partial charge on any atom is -0.377 e. The molecule has 1 aliphatic carbocycles. The van der Waals surface area contributed by atoms with E-state index in [4.69, 9.17) is 10.6 Å². The number of hydrogen-bond donors (Lipinski definition) is 2. The summed E-state index contributed by atoms with van der Waals surface area (Å²) in [6.45, 7) is 6.75. The fourth-order valence-corrected chi connectivity index (χ4v) is 3.44. The van der Waals surface area contributed by atoms with E-state index in [1.807, 2.05) is 7.11 Å². The molecule has 0 saturated heterocycles. The van der Waals surface area contributed by atoms with Gasteiger partial charge in [0.2, 0.25) is 0 Å². The van der Waals surface area contributed by atoms with Gasteiger partial charge < -0.3 is 4.74 Å². The fourth-order valence-electron chi connectivity index (χ4n) is 3.44. The lowest BCUT2D eigenvalue weighted by Gasteiger charge is -2.44. The van der Waals surface area contributed by atoms with E-state index in [2.05, 4.69) is 26.2 Å². The standard InChI is InChI=1S/C14H30N2O/c1-5-14(6-2,17-4)13(16-15)12-9-7-11(3)8-10-12/h11-13,16H,5-10,15H2,1-4H3. The molecule has 0 aliphatic heterocycles. The van der Waals surface area contributed by atoms with Gasteiger partial charge in [-0.05, 0) is 37.5 Å².